The van der Waals surface area contributed by atoms with Crippen LogP contribution < -0.4 is 10.1 Å². The van der Waals surface area contributed by atoms with Gasteiger partial charge >= 0.3 is 0 Å². The first-order valence-corrected chi connectivity index (χ1v) is 6.99. The number of aromatic nitrogens is 1. The lowest BCUT2D eigenvalue weighted by Crippen LogP contribution is -2.14. The summed E-state index contributed by atoms with van der Waals surface area (Å²) in [6, 6.07) is 1.92. The molecule has 0 fully saturated rings. The minimum absolute atomic E-state index is 0.642. The summed E-state index contributed by atoms with van der Waals surface area (Å²) in [5.74, 6) is 1.30. The minimum atomic E-state index is 0.642. The smallest absolute Gasteiger partial charge is 0.213 e. The highest BCUT2D eigenvalue weighted by molar-refractivity contribution is 6.31. The molecule has 0 amide bonds. The van der Waals surface area contributed by atoms with Crippen LogP contribution in [0, 0.1) is 5.92 Å². The summed E-state index contributed by atoms with van der Waals surface area (Å²) >= 11 is 6.10. The van der Waals surface area contributed by atoms with E-state index in [0.29, 0.717) is 23.4 Å². The highest BCUT2D eigenvalue weighted by Gasteiger charge is 2.04. The van der Waals surface area contributed by atoms with Crippen LogP contribution in [0.3, 0.4) is 0 Å². The molecule has 0 saturated heterocycles. The minimum Gasteiger partial charge on any atom is -0.478 e. The van der Waals surface area contributed by atoms with E-state index in [1.807, 2.05) is 6.07 Å². The van der Waals surface area contributed by atoms with Gasteiger partial charge in [-0.3, -0.25) is 0 Å². The second-order valence-corrected chi connectivity index (χ2v) is 5.23. The first-order chi connectivity index (χ1) is 8.63. The Morgan fingerprint density at radius 1 is 1.44 bits per heavy atom. The molecule has 4 heteroatoms. The number of hydrogen-bond donors (Lipinski definition) is 1. The third kappa shape index (κ3) is 5.69. The van der Waals surface area contributed by atoms with E-state index in [-0.39, 0.29) is 0 Å². The van der Waals surface area contributed by atoms with Crippen LogP contribution in [0.15, 0.2) is 12.3 Å². The highest BCUT2D eigenvalue weighted by atomic mass is 35.5. The standard InChI is InChI=1S/C14H23ClN2O/c1-4-6-16-9-12-8-14(17-10-13(12)15)18-7-5-11(2)3/h8,10-11,16H,4-7,9H2,1-3H3. The Morgan fingerprint density at radius 3 is 2.89 bits per heavy atom. The van der Waals surface area contributed by atoms with Crippen LogP contribution in [0.4, 0.5) is 0 Å². The molecule has 0 unspecified atom stereocenters. The molecule has 0 aromatic carbocycles. The zero-order chi connectivity index (χ0) is 13.4. The van der Waals surface area contributed by atoms with Crippen LogP contribution in [-0.2, 0) is 6.54 Å². The molecular weight excluding hydrogens is 248 g/mol. The van der Waals surface area contributed by atoms with Crippen LogP contribution >= 0.6 is 11.6 Å². The fourth-order valence-electron chi connectivity index (χ4n) is 1.47. The summed E-state index contributed by atoms with van der Waals surface area (Å²) in [6.45, 7) is 8.95. The maximum Gasteiger partial charge on any atom is 0.213 e. The van der Waals surface area contributed by atoms with Gasteiger partial charge in [0, 0.05) is 18.8 Å². The molecule has 1 aromatic heterocycles. The zero-order valence-electron chi connectivity index (χ0n) is 11.5. The average molecular weight is 271 g/mol. The van der Waals surface area contributed by atoms with E-state index in [0.717, 1.165) is 31.5 Å². The van der Waals surface area contributed by atoms with Gasteiger partial charge < -0.3 is 10.1 Å². The lowest BCUT2D eigenvalue weighted by molar-refractivity contribution is 0.279. The third-order valence-corrected chi connectivity index (χ3v) is 2.94. The normalized spacial score (nSPS) is 10.9. The SMILES string of the molecule is CCCNCc1cc(OCCC(C)C)ncc1Cl. The molecule has 0 radical (unpaired) electrons. The number of nitrogens with zero attached hydrogens (tertiary/aromatic N) is 1. The molecular formula is C14H23ClN2O. The van der Waals surface area contributed by atoms with Crippen molar-refractivity contribution in [3.63, 3.8) is 0 Å². The largest absolute Gasteiger partial charge is 0.478 e. The Labute approximate surface area is 115 Å². The van der Waals surface area contributed by atoms with E-state index in [9.17, 15) is 0 Å². The quantitative estimate of drug-likeness (QED) is 0.732. The summed E-state index contributed by atoms with van der Waals surface area (Å²) in [5.41, 5.74) is 1.04. The maximum absolute atomic E-state index is 6.10. The third-order valence-electron chi connectivity index (χ3n) is 2.60. The fraction of sp³-hybridized carbons (Fsp3) is 0.643. The van der Waals surface area contributed by atoms with Crippen molar-refractivity contribution in [3.8, 4) is 5.88 Å². The van der Waals surface area contributed by atoms with Crippen molar-refractivity contribution in [2.75, 3.05) is 13.2 Å². The summed E-state index contributed by atoms with van der Waals surface area (Å²) in [7, 11) is 0. The van der Waals surface area contributed by atoms with Gasteiger partial charge in [0.15, 0.2) is 0 Å². The van der Waals surface area contributed by atoms with Crippen LogP contribution in [0.25, 0.3) is 0 Å². The second kappa shape index (κ2) is 8.33. The molecule has 0 aliphatic rings. The first-order valence-electron chi connectivity index (χ1n) is 6.61. The molecule has 3 nitrogen and oxygen atoms in total. The number of nitrogens with one attached hydrogen (secondary N) is 1. The van der Waals surface area contributed by atoms with Crippen molar-refractivity contribution < 1.29 is 4.74 Å². The van der Waals surface area contributed by atoms with E-state index in [1.54, 1.807) is 6.20 Å². The number of halogens is 1. The van der Waals surface area contributed by atoms with Gasteiger partial charge in [0.2, 0.25) is 5.88 Å². The Hall–Kier alpha value is -0.800. The molecule has 1 N–H and O–H groups in total. The molecule has 18 heavy (non-hydrogen) atoms. The zero-order valence-corrected chi connectivity index (χ0v) is 12.3. The molecule has 0 spiro atoms. The van der Waals surface area contributed by atoms with Gasteiger partial charge in [-0.05, 0) is 30.9 Å². The summed E-state index contributed by atoms with van der Waals surface area (Å²) in [6.07, 6.45) is 3.81. The lowest BCUT2D eigenvalue weighted by Gasteiger charge is -2.10. The topological polar surface area (TPSA) is 34.1 Å². The van der Waals surface area contributed by atoms with Gasteiger partial charge in [-0.15, -0.1) is 0 Å². The van der Waals surface area contributed by atoms with Crippen LogP contribution in [0.1, 0.15) is 39.2 Å². The van der Waals surface area contributed by atoms with Gasteiger partial charge in [0.05, 0.1) is 11.6 Å². The number of ether oxygens (including phenoxy) is 1. The van der Waals surface area contributed by atoms with Crippen molar-refractivity contribution in [1.29, 1.82) is 0 Å². The van der Waals surface area contributed by atoms with Crippen molar-refractivity contribution in [2.45, 2.75) is 40.2 Å². The summed E-state index contributed by atoms with van der Waals surface area (Å²) < 4.78 is 5.62. The van der Waals surface area contributed by atoms with Gasteiger partial charge in [-0.1, -0.05) is 32.4 Å². The van der Waals surface area contributed by atoms with Crippen molar-refractivity contribution in [1.82, 2.24) is 10.3 Å². The monoisotopic (exact) mass is 270 g/mol. The van der Waals surface area contributed by atoms with E-state index in [2.05, 4.69) is 31.1 Å². The van der Waals surface area contributed by atoms with Crippen LogP contribution in [0.2, 0.25) is 5.02 Å². The molecule has 0 atom stereocenters. The number of hydrogen-bond acceptors (Lipinski definition) is 3. The van der Waals surface area contributed by atoms with E-state index in [4.69, 9.17) is 16.3 Å². The number of rotatable bonds is 8. The molecule has 1 rings (SSSR count). The lowest BCUT2D eigenvalue weighted by atomic mass is 10.1. The first kappa shape index (κ1) is 15.3. The molecule has 0 saturated carbocycles. The molecule has 0 aliphatic heterocycles. The average Bonchev–Trinajstić information content (AvgIpc) is 2.33. The Kier molecular flexibility index (Phi) is 7.06. The predicted molar refractivity (Wildman–Crippen MR) is 76.2 cm³/mol. The highest BCUT2D eigenvalue weighted by Crippen LogP contribution is 2.19. The van der Waals surface area contributed by atoms with Gasteiger partial charge in [-0.2, -0.15) is 0 Å². The van der Waals surface area contributed by atoms with Gasteiger partial charge in [-0.25, -0.2) is 4.98 Å². The second-order valence-electron chi connectivity index (χ2n) is 4.82. The Morgan fingerprint density at radius 2 is 2.22 bits per heavy atom. The summed E-state index contributed by atoms with van der Waals surface area (Å²) in [4.78, 5) is 4.18. The molecule has 1 heterocycles. The van der Waals surface area contributed by atoms with E-state index in [1.165, 1.54) is 0 Å². The van der Waals surface area contributed by atoms with Crippen LogP contribution in [0.5, 0.6) is 5.88 Å². The molecule has 0 bridgehead atoms. The molecule has 0 aliphatic carbocycles. The number of pyridine rings is 1. The fourth-order valence-corrected chi connectivity index (χ4v) is 1.64. The van der Waals surface area contributed by atoms with Crippen molar-refractivity contribution >= 4 is 11.6 Å². The van der Waals surface area contributed by atoms with Crippen LogP contribution in [-0.4, -0.2) is 18.1 Å². The van der Waals surface area contributed by atoms with Crippen molar-refractivity contribution in [2.24, 2.45) is 5.92 Å². The molecule has 1 aromatic rings. The van der Waals surface area contributed by atoms with E-state index >= 15 is 0 Å². The van der Waals surface area contributed by atoms with Gasteiger partial charge in [0.1, 0.15) is 0 Å². The summed E-state index contributed by atoms with van der Waals surface area (Å²) in [5, 5.41) is 4.02. The molecule has 102 valence electrons. The van der Waals surface area contributed by atoms with E-state index < -0.39 is 0 Å². The Balaban J connectivity index is 2.51. The Bertz CT molecular complexity index is 356. The van der Waals surface area contributed by atoms with Crippen molar-refractivity contribution in [3.05, 3.63) is 22.8 Å². The van der Waals surface area contributed by atoms with Gasteiger partial charge in [0.25, 0.3) is 0 Å². The predicted octanol–water partition coefficient (Wildman–Crippen LogP) is 3.66. The maximum atomic E-state index is 6.10.